The maximum Gasteiger partial charge on any atom is 0.241 e. The number of rotatable bonds is 6. The first-order chi connectivity index (χ1) is 10.8. The largest absolute Gasteiger partial charge is 0.301 e. The number of nitrogens with zero attached hydrogens (tertiary/aromatic N) is 1. The summed E-state index contributed by atoms with van der Waals surface area (Å²) in [5.74, 6) is -1.08. The molecule has 0 radical (unpaired) electrons. The van der Waals surface area contributed by atoms with Crippen molar-refractivity contribution in [3.8, 4) is 11.3 Å². The Labute approximate surface area is 144 Å². The van der Waals surface area contributed by atoms with Gasteiger partial charge in [0.1, 0.15) is 5.75 Å². The van der Waals surface area contributed by atoms with Gasteiger partial charge in [-0.25, -0.2) is 13.4 Å². The number of thioether (sulfide) groups is 1. The van der Waals surface area contributed by atoms with Gasteiger partial charge in [-0.05, 0) is 32.2 Å². The van der Waals surface area contributed by atoms with Crippen LogP contribution in [0.1, 0.15) is 13.8 Å². The van der Waals surface area contributed by atoms with Crippen LogP contribution in [0.25, 0.3) is 11.3 Å². The molecule has 23 heavy (non-hydrogen) atoms. The number of benzene rings is 1. The Balaban J connectivity index is 2.06. The van der Waals surface area contributed by atoms with E-state index in [0.29, 0.717) is 5.13 Å². The molecule has 124 valence electrons. The molecule has 2 rings (SSSR count). The quantitative estimate of drug-likeness (QED) is 0.790. The summed E-state index contributed by atoms with van der Waals surface area (Å²) >= 11 is 2.94. The lowest BCUT2D eigenvalue weighted by molar-refractivity contribution is -0.113. The van der Waals surface area contributed by atoms with E-state index in [4.69, 9.17) is 0 Å². The van der Waals surface area contributed by atoms with Gasteiger partial charge >= 0.3 is 0 Å². The van der Waals surface area contributed by atoms with Crippen LogP contribution < -0.4 is 5.32 Å². The monoisotopic (exact) mass is 370 g/mol. The summed E-state index contributed by atoms with van der Waals surface area (Å²) in [5.41, 5.74) is 1.71. The van der Waals surface area contributed by atoms with Gasteiger partial charge in [-0.2, -0.15) is 0 Å². The van der Waals surface area contributed by atoms with E-state index in [1.807, 2.05) is 35.9 Å². The standard InChI is InChI=1S/C15H18N2O3S3/c1-10(2)23(19,20)9-14(18)17-15-16-13(8-22-15)11-4-6-12(21-3)7-5-11/h4-8,10H,9H2,1-3H3,(H,16,17,18). The van der Waals surface area contributed by atoms with Gasteiger partial charge in [0.25, 0.3) is 0 Å². The second kappa shape index (κ2) is 7.46. The molecule has 2 aromatic rings. The molecule has 1 N–H and O–H groups in total. The lowest BCUT2D eigenvalue weighted by atomic mass is 10.2. The van der Waals surface area contributed by atoms with Crippen LogP contribution in [0.15, 0.2) is 34.5 Å². The van der Waals surface area contributed by atoms with Crippen molar-refractivity contribution < 1.29 is 13.2 Å². The molecule has 1 aromatic carbocycles. The lowest BCUT2D eigenvalue weighted by Crippen LogP contribution is -2.27. The molecule has 8 heteroatoms. The first-order valence-corrected chi connectivity index (χ1v) is 10.7. The topological polar surface area (TPSA) is 76.1 Å². The predicted molar refractivity (Wildman–Crippen MR) is 96.9 cm³/mol. The third kappa shape index (κ3) is 4.79. The number of sulfone groups is 1. The molecular formula is C15H18N2O3S3. The summed E-state index contributed by atoms with van der Waals surface area (Å²) in [6, 6.07) is 7.95. The molecule has 0 aliphatic rings. The minimum Gasteiger partial charge on any atom is -0.301 e. The van der Waals surface area contributed by atoms with Gasteiger partial charge < -0.3 is 5.32 Å². The molecule has 0 atom stereocenters. The third-order valence-electron chi connectivity index (χ3n) is 3.19. The van der Waals surface area contributed by atoms with Crippen LogP contribution in [0.4, 0.5) is 5.13 Å². The number of anilines is 1. The number of hydrogen-bond acceptors (Lipinski definition) is 6. The molecule has 0 fully saturated rings. The van der Waals surface area contributed by atoms with E-state index < -0.39 is 26.7 Å². The van der Waals surface area contributed by atoms with Crippen LogP contribution >= 0.6 is 23.1 Å². The number of thiazole rings is 1. The van der Waals surface area contributed by atoms with Crippen molar-refractivity contribution in [3.05, 3.63) is 29.6 Å². The number of nitrogens with one attached hydrogen (secondary N) is 1. The predicted octanol–water partition coefficient (Wildman–Crippen LogP) is 3.29. The average molecular weight is 371 g/mol. The van der Waals surface area contributed by atoms with Crippen molar-refractivity contribution in [1.82, 2.24) is 4.98 Å². The van der Waals surface area contributed by atoms with Gasteiger partial charge in [0.2, 0.25) is 5.91 Å². The van der Waals surface area contributed by atoms with Gasteiger partial charge in [-0.15, -0.1) is 23.1 Å². The zero-order chi connectivity index (χ0) is 17.0. The highest BCUT2D eigenvalue weighted by molar-refractivity contribution is 7.98. The van der Waals surface area contributed by atoms with Gasteiger partial charge in [0.15, 0.2) is 15.0 Å². The molecule has 0 saturated carbocycles. The first-order valence-electron chi connectivity index (χ1n) is 6.93. The Bertz CT molecular complexity index is 781. The van der Waals surface area contributed by atoms with Crippen LogP contribution in [-0.4, -0.2) is 36.6 Å². The zero-order valence-electron chi connectivity index (χ0n) is 13.1. The van der Waals surface area contributed by atoms with E-state index in [0.717, 1.165) is 16.2 Å². The van der Waals surface area contributed by atoms with Crippen molar-refractivity contribution in [2.24, 2.45) is 0 Å². The highest BCUT2D eigenvalue weighted by atomic mass is 32.2. The maximum absolute atomic E-state index is 11.8. The van der Waals surface area contributed by atoms with Gasteiger partial charge in [0.05, 0.1) is 10.9 Å². The number of carbonyl (C=O) groups is 1. The zero-order valence-corrected chi connectivity index (χ0v) is 15.5. The van der Waals surface area contributed by atoms with E-state index in [-0.39, 0.29) is 0 Å². The molecular weight excluding hydrogens is 352 g/mol. The Morgan fingerprint density at radius 1 is 1.30 bits per heavy atom. The third-order valence-corrected chi connectivity index (χ3v) is 6.79. The molecule has 0 saturated heterocycles. The number of amides is 1. The van der Waals surface area contributed by atoms with Crippen molar-refractivity contribution in [3.63, 3.8) is 0 Å². The molecule has 0 spiro atoms. The van der Waals surface area contributed by atoms with E-state index in [9.17, 15) is 13.2 Å². The molecule has 0 aliphatic carbocycles. The van der Waals surface area contributed by atoms with E-state index in [1.165, 1.54) is 11.3 Å². The molecule has 1 heterocycles. The molecule has 1 aromatic heterocycles. The Morgan fingerprint density at radius 2 is 1.96 bits per heavy atom. The van der Waals surface area contributed by atoms with Gasteiger partial charge in [0, 0.05) is 15.8 Å². The smallest absolute Gasteiger partial charge is 0.241 e. The summed E-state index contributed by atoms with van der Waals surface area (Å²) in [6.45, 7) is 3.12. The first kappa shape index (κ1) is 18.0. The van der Waals surface area contributed by atoms with Gasteiger partial charge in [-0.1, -0.05) is 12.1 Å². The maximum atomic E-state index is 11.8. The average Bonchev–Trinajstić information content (AvgIpc) is 2.95. The molecule has 0 bridgehead atoms. The minimum atomic E-state index is -3.41. The van der Waals surface area contributed by atoms with E-state index in [1.54, 1.807) is 25.6 Å². The van der Waals surface area contributed by atoms with Crippen molar-refractivity contribution in [2.75, 3.05) is 17.3 Å². The lowest BCUT2D eigenvalue weighted by Gasteiger charge is -2.06. The Kier molecular flexibility index (Phi) is 5.83. The van der Waals surface area contributed by atoms with E-state index >= 15 is 0 Å². The summed E-state index contributed by atoms with van der Waals surface area (Å²) in [5, 5.41) is 4.21. The van der Waals surface area contributed by atoms with Crippen LogP contribution in [0.3, 0.4) is 0 Å². The fraction of sp³-hybridized carbons (Fsp3) is 0.333. The van der Waals surface area contributed by atoms with Crippen molar-refractivity contribution in [1.29, 1.82) is 0 Å². The second-order valence-corrected chi connectivity index (χ2v) is 9.47. The normalized spacial score (nSPS) is 11.7. The molecule has 1 amide bonds. The fourth-order valence-electron chi connectivity index (χ4n) is 1.73. The summed E-state index contributed by atoms with van der Waals surface area (Å²) in [4.78, 5) is 17.3. The Hall–Kier alpha value is -1.38. The molecule has 0 unspecified atom stereocenters. The van der Waals surface area contributed by atoms with Crippen LogP contribution in [-0.2, 0) is 14.6 Å². The van der Waals surface area contributed by atoms with Crippen LogP contribution in [0.2, 0.25) is 0 Å². The van der Waals surface area contributed by atoms with Crippen LogP contribution in [0.5, 0.6) is 0 Å². The minimum absolute atomic E-state index is 0.401. The summed E-state index contributed by atoms with van der Waals surface area (Å²) in [6.07, 6.45) is 2.01. The number of hydrogen-bond donors (Lipinski definition) is 1. The molecule has 5 nitrogen and oxygen atoms in total. The van der Waals surface area contributed by atoms with Crippen molar-refractivity contribution in [2.45, 2.75) is 24.0 Å². The van der Waals surface area contributed by atoms with E-state index in [2.05, 4.69) is 10.3 Å². The summed E-state index contributed by atoms with van der Waals surface area (Å²) in [7, 11) is -3.41. The highest BCUT2D eigenvalue weighted by Crippen LogP contribution is 2.26. The van der Waals surface area contributed by atoms with Crippen molar-refractivity contribution >= 4 is 44.0 Å². The second-order valence-electron chi connectivity index (χ2n) is 5.17. The van der Waals surface area contributed by atoms with Crippen LogP contribution in [0, 0.1) is 0 Å². The Morgan fingerprint density at radius 3 is 2.52 bits per heavy atom. The fourth-order valence-corrected chi connectivity index (χ4v) is 3.65. The SMILES string of the molecule is CSc1ccc(-c2csc(NC(=O)CS(=O)(=O)C(C)C)n2)cc1. The molecule has 0 aliphatic heterocycles. The van der Waals surface area contributed by atoms with Gasteiger partial charge in [-0.3, -0.25) is 4.79 Å². The number of carbonyl (C=O) groups excluding carboxylic acids is 1. The number of aromatic nitrogens is 1. The summed E-state index contributed by atoms with van der Waals surface area (Å²) < 4.78 is 23.5. The highest BCUT2D eigenvalue weighted by Gasteiger charge is 2.21.